The molecule has 1 saturated heterocycles. The van der Waals surface area contributed by atoms with Gasteiger partial charge in [-0.15, -0.1) is 0 Å². The maximum absolute atomic E-state index is 12.2. The first-order chi connectivity index (χ1) is 11.5. The molecule has 1 fully saturated rings. The number of aryl methyl sites for hydroxylation is 1. The van der Waals surface area contributed by atoms with E-state index in [0.717, 1.165) is 0 Å². The van der Waals surface area contributed by atoms with E-state index in [2.05, 4.69) is 25.9 Å². The molecule has 0 unspecified atom stereocenters. The van der Waals surface area contributed by atoms with Crippen molar-refractivity contribution in [3.05, 3.63) is 23.5 Å². The molecule has 11 nitrogen and oxygen atoms in total. The van der Waals surface area contributed by atoms with Crippen molar-refractivity contribution in [3.8, 4) is 0 Å². The van der Waals surface area contributed by atoms with Gasteiger partial charge < -0.3 is 24.6 Å². The molecule has 3 amide bonds. The fourth-order valence-electron chi connectivity index (χ4n) is 2.12. The van der Waals surface area contributed by atoms with E-state index in [1.54, 1.807) is 13.0 Å². The van der Waals surface area contributed by atoms with Crippen molar-refractivity contribution in [1.29, 1.82) is 0 Å². The van der Waals surface area contributed by atoms with Crippen molar-refractivity contribution in [3.63, 3.8) is 0 Å². The third kappa shape index (κ3) is 3.56. The van der Waals surface area contributed by atoms with E-state index >= 15 is 0 Å². The molecule has 1 aliphatic heterocycles. The molecule has 3 heterocycles. The van der Waals surface area contributed by atoms with Crippen LogP contribution in [0.5, 0.6) is 0 Å². The summed E-state index contributed by atoms with van der Waals surface area (Å²) in [4.78, 5) is 40.5. The van der Waals surface area contributed by atoms with Gasteiger partial charge in [0.05, 0.1) is 6.42 Å². The van der Waals surface area contributed by atoms with Crippen LogP contribution in [0.3, 0.4) is 0 Å². The van der Waals surface area contributed by atoms with E-state index in [0.29, 0.717) is 18.8 Å². The molecule has 2 aromatic heterocycles. The van der Waals surface area contributed by atoms with Gasteiger partial charge in [-0.3, -0.25) is 14.4 Å². The third-order valence-electron chi connectivity index (χ3n) is 3.19. The van der Waals surface area contributed by atoms with Crippen LogP contribution < -0.4 is 10.6 Å². The Balaban J connectivity index is 1.59. The van der Waals surface area contributed by atoms with E-state index in [1.165, 1.54) is 4.90 Å². The Labute approximate surface area is 135 Å². The number of rotatable bonds is 4. The molecule has 0 saturated carbocycles. The number of hydrogen-bond donors (Lipinski definition) is 2. The van der Waals surface area contributed by atoms with Gasteiger partial charge in [0, 0.05) is 19.2 Å². The van der Waals surface area contributed by atoms with Gasteiger partial charge in [-0.2, -0.15) is 4.98 Å². The Morgan fingerprint density at radius 3 is 2.92 bits per heavy atom. The second-order valence-electron chi connectivity index (χ2n) is 5.14. The Morgan fingerprint density at radius 1 is 1.38 bits per heavy atom. The first-order valence-electron chi connectivity index (χ1n) is 7.13. The smallest absolute Gasteiger partial charge is 0.316 e. The number of aromatic nitrogens is 3. The number of carbonyl (C=O) groups excluding carboxylic acids is 3. The lowest BCUT2D eigenvalue weighted by Gasteiger charge is -2.24. The van der Waals surface area contributed by atoms with Gasteiger partial charge in [0.15, 0.2) is 11.6 Å². The molecular weight excluding hydrogens is 320 g/mol. The summed E-state index contributed by atoms with van der Waals surface area (Å²) in [7, 11) is 0. The predicted molar refractivity (Wildman–Crippen MR) is 76.8 cm³/mol. The van der Waals surface area contributed by atoms with Crippen LogP contribution in [0.25, 0.3) is 0 Å². The zero-order chi connectivity index (χ0) is 17.1. The summed E-state index contributed by atoms with van der Waals surface area (Å²) in [5.74, 6) is -0.601. The quantitative estimate of drug-likeness (QED) is 0.733. The lowest BCUT2D eigenvalue weighted by atomic mass is 10.3. The molecule has 0 aliphatic carbocycles. The zero-order valence-electron chi connectivity index (χ0n) is 12.7. The average Bonchev–Trinajstić information content (AvgIpc) is 3.16. The van der Waals surface area contributed by atoms with Crippen LogP contribution >= 0.6 is 0 Å². The van der Waals surface area contributed by atoms with Crippen LogP contribution in [0.1, 0.15) is 22.3 Å². The summed E-state index contributed by atoms with van der Waals surface area (Å²) >= 11 is 0. The van der Waals surface area contributed by atoms with E-state index in [9.17, 15) is 14.4 Å². The number of hydrogen-bond acceptors (Lipinski definition) is 8. The van der Waals surface area contributed by atoms with E-state index in [1.807, 2.05) is 0 Å². The largest absolute Gasteiger partial charge is 0.360 e. The van der Waals surface area contributed by atoms with E-state index < -0.39 is 11.8 Å². The molecule has 126 valence electrons. The van der Waals surface area contributed by atoms with Crippen LogP contribution in [0.4, 0.5) is 5.82 Å². The van der Waals surface area contributed by atoms with Crippen LogP contribution in [0, 0.1) is 6.92 Å². The molecule has 1 aliphatic rings. The fraction of sp³-hybridized carbons (Fsp3) is 0.385. The van der Waals surface area contributed by atoms with Crippen LogP contribution in [-0.2, 0) is 16.0 Å². The van der Waals surface area contributed by atoms with Gasteiger partial charge in [0.2, 0.25) is 11.8 Å². The minimum Gasteiger partial charge on any atom is -0.360 e. The van der Waals surface area contributed by atoms with Gasteiger partial charge in [-0.1, -0.05) is 10.3 Å². The number of carbonyl (C=O) groups is 3. The predicted octanol–water partition coefficient (Wildman–Crippen LogP) is -0.881. The van der Waals surface area contributed by atoms with Crippen molar-refractivity contribution in [1.82, 2.24) is 25.5 Å². The summed E-state index contributed by atoms with van der Waals surface area (Å²) in [5, 5.41) is 12.3. The topological polar surface area (TPSA) is 143 Å². The molecule has 24 heavy (non-hydrogen) atoms. The number of anilines is 1. The molecule has 11 heteroatoms. The Bertz CT molecular complexity index is 781. The van der Waals surface area contributed by atoms with Crippen molar-refractivity contribution in [2.75, 3.05) is 25.0 Å². The summed E-state index contributed by atoms with van der Waals surface area (Å²) in [6, 6.07) is 1.56. The van der Waals surface area contributed by atoms with Crippen molar-refractivity contribution in [2.24, 2.45) is 0 Å². The molecule has 0 aromatic carbocycles. The first kappa shape index (κ1) is 15.6. The monoisotopic (exact) mass is 334 g/mol. The molecule has 3 rings (SSSR count). The summed E-state index contributed by atoms with van der Waals surface area (Å²) in [6.07, 6.45) is -0.191. The van der Waals surface area contributed by atoms with Crippen molar-refractivity contribution < 1.29 is 23.4 Å². The maximum atomic E-state index is 12.2. The fourth-order valence-corrected chi connectivity index (χ4v) is 2.12. The van der Waals surface area contributed by atoms with E-state index in [4.69, 9.17) is 9.05 Å². The minimum absolute atomic E-state index is 0.0533. The van der Waals surface area contributed by atoms with Crippen LogP contribution in [-0.4, -0.2) is 57.6 Å². The van der Waals surface area contributed by atoms with Gasteiger partial charge >= 0.3 is 11.8 Å². The molecule has 0 bridgehead atoms. The Morgan fingerprint density at radius 2 is 2.21 bits per heavy atom. The second kappa shape index (κ2) is 6.48. The lowest BCUT2D eigenvalue weighted by Crippen LogP contribution is -2.50. The molecule has 0 spiro atoms. The Hall–Kier alpha value is -3.24. The highest BCUT2D eigenvalue weighted by Crippen LogP contribution is 2.09. The second-order valence-corrected chi connectivity index (χ2v) is 5.14. The number of nitrogens with one attached hydrogen (secondary N) is 2. The highest BCUT2D eigenvalue weighted by molar-refractivity contribution is 5.94. The van der Waals surface area contributed by atoms with Crippen molar-refractivity contribution >= 4 is 23.5 Å². The number of amides is 3. The van der Waals surface area contributed by atoms with Gasteiger partial charge in [0.1, 0.15) is 12.3 Å². The number of nitrogens with zero attached hydrogens (tertiary/aromatic N) is 4. The average molecular weight is 334 g/mol. The highest BCUT2D eigenvalue weighted by Gasteiger charge is 2.27. The number of piperazine rings is 1. The third-order valence-corrected chi connectivity index (χ3v) is 3.19. The summed E-state index contributed by atoms with van der Waals surface area (Å²) in [5.41, 5.74) is 0. The SMILES string of the molecule is Cc1cc(NC(=O)Cc2noc(C(=O)N3CCNC(=O)C3)n2)no1. The minimum atomic E-state index is -0.545. The molecule has 2 N–H and O–H groups in total. The Kier molecular flexibility index (Phi) is 4.22. The zero-order valence-corrected chi connectivity index (χ0v) is 12.7. The van der Waals surface area contributed by atoms with E-state index in [-0.39, 0.29) is 36.4 Å². The van der Waals surface area contributed by atoms with Crippen LogP contribution in [0.2, 0.25) is 0 Å². The van der Waals surface area contributed by atoms with Gasteiger partial charge in [0.25, 0.3) is 0 Å². The molecule has 2 aromatic rings. The van der Waals surface area contributed by atoms with Gasteiger partial charge in [-0.05, 0) is 6.92 Å². The highest BCUT2D eigenvalue weighted by atomic mass is 16.5. The molecule has 0 atom stereocenters. The molecular formula is C13H14N6O5. The lowest BCUT2D eigenvalue weighted by molar-refractivity contribution is -0.123. The van der Waals surface area contributed by atoms with Crippen LogP contribution in [0.15, 0.2) is 15.1 Å². The summed E-state index contributed by atoms with van der Waals surface area (Å²) in [6.45, 7) is 2.35. The standard InChI is InChI=1S/C13H14N6O5/c1-7-4-8(17-23-7)15-10(20)5-9-16-12(24-18-9)13(22)19-3-2-14-11(21)6-19/h4H,2-3,5-6H2,1H3,(H,14,21)(H,15,17,20). The maximum Gasteiger partial charge on any atom is 0.316 e. The van der Waals surface area contributed by atoms with Crippen molar-refractivity contribution in [2.45, 2.75) is 13.3 Å². The first-order valence-corrected chi connectivity index (χ1v) is 7.13. The molecule has 0 radical (unpaired) electrons. The summed E-state index contributed by atoms with van der Waals surface area (Å²) < 4.78 is 9.70. The van der Waals surface area contributed by atoms with Gasteiger partial charge in [-0.25, -0.2) is 0 Å². The normalized spacial score (nSPS) is 14.4.